The van der Waals surface area contributed by atoms with E-state index in [1.54, 1.807) is 13.0 Å². The second-order valence-corrected chi connectivity index (χ2v) is 3.46. The molecule has 2 heteroatoms. The topological polar surface area (TPSA) is 40.1 Å². The van der Waals surface area contributed by atoms with Crippen molar-refractivity contribution in [3.8, 4) is 0 Å². The molecule has 0 amide bonds. The molecule has 0 heterocycles. The molecular formula is C9H15O2-. The van der Waals surface area contributed by atoms with Crippen molar-refractivity contribution in [1.82, 2.24) is 0 Å². The first kappa shape index (κ1) is 10.2. The number of carboxylic acid groups (broad SMARTS) is 1. The molecule has 0 radical (unpaired) electrons. The molecule has 0 bridgehead atoms. The van der Waals surface area contributed by atoms with Gasteiger partial charge in [-0.3, -0.25) is 0 Å². The Bertz CT molecular complexity index is 178. The van der Waals surface area contributed by atoms with Gasteiger partial charge in [0.1, 0.15) is 0 Å². The van der Waals surface area contributed by atoms with Gasteiger partial charge < -0.3 is 9.90 Å². The van der Waals surface area contributed by atoms with Gasteiger partial charge in [0.25, 0.3) is 0 Å². The molecule has 11 heavy (non-hydrogen) atoms. The smallest absolute Gasteiger partial charge is 0.0669 e. The largest absolute Gasteiger partial charge is 0.545 e. The quantitative estimate of drug-likeness (QED) is 0.573. The van der Waals surface area contributed by atoms with Crippen LogP contribution in [-0.4, -0.2) is 5.97 Å². The van der Waals surface area contributed by atoms with Gasteiger partial charge in [-0.05, 0) is 24.3 Å². The normalized spacial score (nSPS) is 13.3. The summed E-state index contributed by atoms with van der Waals surface area (Å²) in [6.07, 6.45) is 2.67. The highest BCUT2D eigenvalue weighted by molar-refractivity contribution is 5.83. The van der Waals surface area contributed by atoms with Crippen molar-refractivity contribution >= 4 is 5.97 Å². The molecule has 0 aliphatic carbocycles. The van der Waals surface area contributed by atoms with Gasteiger partial charge in [-0.2, -0.15) is 0 Å². The van der Waals surface area contributed by atoms with Crippen molar-refractivity contribution < 1.29 is 9.90 Å². The summed E-state index contributed by atoms with van der Waals surface area (Å²) in [5, 5.41) is 10.3. The van der Waals surface area contributed by atoms with Crippen molar-refractivity contribution in [2.24, 2.45) is 5.41 Å². The first-order valence-electron chi connectivity index (χ1n) is 3.80. The molecule has 0 atom stereocenters. The molecule has 0 unspecified atom stereocenters. The van der Waals surface area contributed by atoms with E-state index in [0.717, 1.165) is 6.42 Å². The van der Waals surface area contributed by atoms with E-state index in [1.807, 2.05) is 20.8 Å². The Morgan fingerprint density at radius 2 is 2.00 bits per heavy atom. The molecule has 0 aliphatic heterocycles. The molecule has 0 aromatic heterocycles. The number of carbonyl (C=O) groups is 1. The lowest BCUT2D eigenvalue weighted by molar-refractivity contribution is -0.299. The van der Waals surface area contributed by atoms with Crippen molar-refractivity contribution in [1.29, 1.82) is 0 Å². The molecule has 2 nitrogen and oxygen atoms in total. The third-order valence-electron chi connectivity index (χ3n) is 1.84. The minimum Gasteiger partial charge on any atom is -0.545 e. The van der Waals surface area contributed by atoms with E-state index in [-0.39, 0.29) is 5.41 Å². The second kappa shape index (κ2) is 3.56. The van der Waals surface area contributed by atoms with Gasteiger partial charge in [0.2, 0.25) is 0 Å². The van der Waals surface area contributed by atoms with Gasteiger partial charge >= 0.3 is 0 Å². The summed E-state index contributed by atoms with van der Waals surface area (Å²) in [7, 11) is 0. The van der Waals surface area contributed by atoms with Crippen LogP contribution in [0.5, 0.6) is 0 Å². The Morgan fingerprint density at radius 1 is 1.55 bits per heavy atom. The van der Waals surface area contributed by atoms with Gasteiger partial charge in [0.05, 0.1) is 5.97 Å². The van der Waals surface area contributed by atoms with E-state index in [1.165, 1.54) is 0 Å². The zero-order valence-electron chi connectivity index (χ0n) is 7.60. The molecule has 0 aliphatic rings. The minimum absolute atomic E-state index is 0.0375. The van der Waals surface area contributed by atoms with Crippen LogP contribution < -0.4 is 5.11 Å². The van der Waals surface area contributed by atoms with Crippen molar-refractivity contribution in [3.05, 3.63) is 11.6 Å². The number of carboxylic acids is 1. The van der Waals surface area contributed by atoms with Gasteiger partial charge in [-0.15, -0.1) is 0 Å². The fourth-order valence-electron chi connectivity index (χ4n) is 0.747. The zero-order valence-corrected chi connectivity index (χ0v) is 7.60. The Hall–Kier alpha value is -0.790. The highest BCUT2D eigenvalue weighted by Crippen LogP contribution is 2.22. The predicted octanol–water partition coefficient (Wildman–Crippen LogP) is 1.12. The third kappa shape index (κ3) is 3.81. The molecule has 0 aromatic rings. The zero-order chi connectivity index (χ0) is 9.07. The Labute approximate surface area is 67.9 Å². The standard InChI is InChI=1S/C9H16O2/c1-5-9(3,4)6-7(2)8(10)11/h6H,5H2,1-4H3,(H,10,11)/p-1/b7-6+. The Morgan fingerprint density at radius 3 is 2.27 bits per heavy atom. The van der Waals surface area contributed by atoms with Gasteiger partial charge in [-0.1, -0.05) is 26.8 Å². The predicted molar refractivity (Wildman–Crippen MR) is 42.8 cm³/mol. The molecule has 0 N–H and O–H groups in total. The molecule has 0 aromatic carbocycles. The summed E-state index contributed by atoms with van der Waals surface area (Å²) in [6.45, 7) is 7.59. The van der Waals surface area contributed by atoms with Crippen molar-refractivity contribution in [2.75, 3.05) is 0 Å². The molecule has 0 rings (SSSR count). The monoisotopic (exact) mass is 155 g/mol. The van der Waals surface area contributed by atoms with E-state index in [4.69, 9.17) is 0 Å². The van der Waals surface area contributed by atoms with E-state index < -0.39 is 5.97 Å². The first-order chi connectivity index (χ1) is 4.89. The van der Waals surface area contributed by atoms with E-state index >= 15 is 0 Å². The Kier molecular flexibility index (Phi) is 3.30. The van der Waals surface area contributed by atoms with Crippen LogP contribution in [0.15, 0.2) is 11.6 Å². The SMILES string of the molecule is CCC(C)(C)/C=C(\C)C(=O)[O-]. The van der Waals surface area contributed by atoms with Crippen molar-refractivity contribution in [3.63, 3.8) is 0 Å². The molecular weight excluding hydrogens is 140 g/mol. The second-order valence-electron chi connectivity index (χ2n) is 3.46. The van der Waals surface area contributed by atoms with Crippen LogP contribution in [0.25, 0.3) is 0 Å². The summed E-state index contributed by atoms with van der Waals surface area (Å²) in [5.41, 5.74) is 0.279. The average Bonchev–Trinajstić information content (AvgIpc) is 1.87. The highest BCUT2D eigenvalue weighted by Gasteiger charge is 2.11. The maximum Gasteiger partial charge on any atom is 0.0669 e. The van der Waals surface area contributed by atoms with Crippen LogP contribution in [-0.2, 0) is 4.79 Å². The maximum absolute atomic E-state index is 10.3. The van der Waals surface area contributed by atoms with Crippen LogP contribution in [0, 0.1) is 5.41 Å². The minimum atomic E-state index is -1.08. The fourth-order valence-corrected chi connectivity index (χ4v) is 0.747. The van der Waals surface area contributed by atoms with Gasteiger partial charge in [0, 0.05) is 0 Å². The third-order valence-corrected chi connectivity index (χ3v) is 1.84. The van der Waals surface area contributed by atoms with E-state index in [9.17, 15) is 9.90 Å². The van der Waals surface area contributed by atoms with Crippen molar-refractivity contribution in [2.45, 2.75) is 34.1 Å². The van der Waals surface area contributed by atoms with Gasteiger partial charge in [-0.25, -0.2) is 0 Å². The number of hydrogen-bond acceptors (Lipinski definition) is 2. The van der Waals surface area contributed by atoms with Crippen LogP contribution in [0.3, 0.4) is 0 Å². The van der Waals surface area contributed by atoms with E-state index in [0.29, 0.717) is 5.57 Å². The maximum atomic E-state index is 10.3. The fraction of sp³-hybridized carbons (Fsp3) is 0.667. The van der Waals surface area contributed by atoms with E-state index in [2.05, 4.69) is 0 Å². The first-order valence-corrected chi connectivity index (χ1v) is 3.80. The number of hydrogen-bond donors (Lipinski definition) is 0. The highest BCUT2D eigenvalue weighted by atomic mass is 16.4. The van der Waals surface area contributed by atoms with Crippen LogP contribution >= 0.6 is 0 Å². The Balaban J connectivity index is 4.41. The van der Waals surface area contributed by atoms with Crippen LogP contribution in [0.2, 0.25) is 0 Å². The summed E-state index contributed by atoms with van der Waals surface area (Å²) in [4.78, 5) is 10.3. The number of allylic oxidation sites excluding steroid dienone is 1. The summed E-state index contributed by atoms with van der Waals surface area (Å²) in [5.74, 6) is -1.08. The summed E-state index contributed by atoms with van der Waals surface area (Å²) >= 11 is 0. The summed E-state index contributed by atoms with van der Waals surface area (Å²) in [6, 6.07) is 0. The number of rotatable bonds is 3. The number of aliphatic carboxylic acids is 1. The number of carbonyl (C=O) groups excluding carboxylic acids is 1. The molecule has 0 spiro atoms. The lowest BCUT2D eigenvalue weighted by atomic mass is 9.88. The summed E-state index contributed by atoms with van der Waals surface area (Å²) < 4.78 is 0. The van der Waals surface area contributed by atoms with Crippen LogP contribution in [0.1, 0.15) is 34.1 Å². The van der Waals surface area contributed by atoms with Gasteiger partial charge in [0.15, 0.2) is 0 Å². The van der Waals surface area contributed by atoms with Crippen LogP contribution in [0.4, 0.5) is 0 Å². The molecule has 0 saturated carbocycles. The molecule has 0 saturated heterocycles. The molecule has 64 valence electrons. The lowest BCUT2D eigenvalue weighted by Crippen LogP contribution is -2.24. The molecule has 0 fully saturated rings. The average molecular weight is 155 g/mol. The lowest BCUT2D eigenvalue weighted by Gasteiger charge is -2.19.